The molecule has 2 aromatic rings. The van der Waals surface area contributed by atoms with E-state index in [0.29, 0.717) is 39.3 Å². The number of nitrogens with zero attached hydrogens (tertiary/aromatic N) is 2. The Labute approximate surface area is 178 Å². The molecule has 1 aromatic carbocycles. The van der Waals surface area contributed by atoms with Crippen LogP contribution in [0.4, 0.5) is 5.95 Å². The van der Waals surface area contributed by atoms with Crippen LogP contribution in [0, 0.1) is 17.8 Å². The van der Waals surface area contributed by atoms with Gasteiger partial charge in [-0.2, -0.15) is 0 Å². The Kier molecular flexibility index (Phi) is 5.02. The molecule has 1 amide bonds. The molecule has 6 nitrogen and oxygen atoms in total. The molecule has 1 aromatic heterocycles. The predicted molar refractivity (Wildman–Crippen MR) is 120 cm³/mol. The standard InChI is InChI=1S/C21H26N4O2S2/c1-2-25-19(27)16-5-3-4-6-17(16)22-20(25)24-23-18(26)13-11-14-7-8-15(12-13)21(14)28-9-10-29-21/h3-6,13-15H,2,7-12H2,1H3,(H,22,24)(H,23,26). The van der Waals surface area contributed by atoms with E-state index in [0.717, 1.165) is 12.8 Å². The van der Waals surface area contributed by atoms with Gasteiger partial charge in [0.05, 0.1) is 15.0 Å². The first-order valence-corrected chi connectivity index (χ1v) is 12.4. The summed E-state index contributed by atoms with van der Waals surface area (Å²) in [4.78, 5) is 30.2. The van der Waals surface area contributed by atoms with Gasteiger partial charge >= 0.3 is 0 Å². The molecule has 1 spiro atoms. The number of hydrogen-bond donors (Lipinski definition) is 2. The topological polar surface area (TPSA) is 76.0 Å². The molecule has 3 aliphatic rings. The number of hydrazine groups is 1. The third-order valence-electron chi connectivity index (χ3n) is 6.72. The first kappa shape index (κ1) is 19.3. The van der Waals surface area contributed by atoms with Crippen LogP contribution in [-0.2, 0) is 11.3 Å². The summed E-state index contributed by atoms with van der Waals surface area (Å²) in [5, 5.41) is 0.590. The zero-order valence-electron chi connectivity index (χ0n) is 16.5. The van der Waals surface area contributed by atoms with Gasteiger partial charge in [0.15, 0.2) is 0 Å². The van der Waals surface area contributed by atoms with E-state index in [9.17, 15) is 9.59 Å². The van der Waals surface area contributed by atoms with Crippen molar-refractivity contribution in [2.24, 2.45) is 17.8 Å². The monoisotopic (exact) mass is 430 g/mol. The lowest BCUT2D eigenvalue weighted by Gasteiger charge is -2.42. The molecule has 1 aliphatic heterocycles. The average Bonchev–Trinajstić information content (AvgIpc) is 3.27. The Hall–Kier alpha value is -1.67. The normalized spacial score (nSPS) is 27.4. The van der Waals surface area contributed by atoms with Crippen LogP contribution in [0.15, 0.2) is 29.1 Å². The molecule has 3 fully saturated rings. The molecule has 29 heavy (non-hydrogen) atoms. The van der Waals surface area contributed by atoms with Crippen molar-refractivity contribution in [3.8, 4) is 0 Å². The maximum Gasteiger partial charge on any atom is 0.262 e. The number of benzene rings is 1. The Morgan fingerprint density at radius 1 is 1.21 bits per heavy atom. The van der Waals surface area contributed by atoms with Gasteiger partial charge in [-0.3, -0.25) is 25.0 Å². The van der Waals surface area contributed by atoms with Crippen LogP contribution in [-0.4, -0.2) is 31.0 Å². The van der Waals surface area contributed by atoms with Crippen LogP contribution in [0.3, 0.4) is 0 Å². The average molecular weight is 431 g/mol. The van der Waals surface area contributed by atoms with E-state index in [-0.39, 0.29) is 17.4 Å². The fraction of sp³-hybridized carbons (Fsp3) is 0.571. The van der Waals surface area contributed by atoms with E-state index in [1.165, 1.54) is 24.3 Å². The number of anilines is 1. The Balaban J connectivity index is 1.31. The van der Waals surface area contributed by atoms with Gasteiger partial charge in [-0.1, -0.05) is 12.1 Å². The number of rotatable bonds is 4. The van der Waals surface area contributed by atoms with Crippen molar-refractivity contribution in [1.82, 2.24) is 15.0 Å². The van der Waals surface area contributed by atoms with Gasteiger partial charge in [-0.15, -0.1) is 23.5 Å². The second kappa shape index (κ2) is 7.54. The van der Waals surface area contributed by atoms with Crippen molar-refractivity contribution >= 4 is 46.3 Å². The first-order valence-electron chi connectivity index (χ1n) is 10.5. The number of aromatic nitrogens is 2. The summed E-state index contributed by atoms with van der Waals surface area (Å²) >= 11 is 4.29. The van der Waals surface area contributed by atoms with Crippen molar-refractivity contribution in [3.63, 3.8) is 0 Å². The van der Waals surface area contributed by atoms with E-state index in [1.54, 1.807) is 10.6 Å². The summed E-state index contributed by atoms with van der Waals surface area (Å²) in [6.07, 6.45) is 4.44. The van der Waals surface area contributed by atoms with Gasteiger partial charge in [-0.25, -0.2) is 4.98 Å². The highest BCUT2D eigenvalue weighted by Crippen LogP contribution is 2.65. The molecular weight excluding hydrogens is 404 g/mol. The third kappa shape index (κ3) is 3.15. The summed E-state index contributed by atoms with van der Waals surface area (Å²) in [5.74, 6) is 4.23. The molecule has 1 saturated heterocycles. The highest BCUT2D eigenvalue weighted by Gasteiger charge is 2.57. The molecule has 2 unspecified atom stereocenters. The summed E-state index contributed by atoms with van der Waals surface area (Å²) in [7, 11) is 0. The van der Waals surface area contributed by atoms with E-state index in [2.05, 4.69) is 39.4 Å². The third-order valence-corrected chi connectivity index (χ3v) is 10.7. The molecule has 154 valence electrons. The van der Waals surface area contributed by atoms with Crippen molar-refractivity contribution in [2.45, 2.75) is 43.2 Å². The van der Waals surface area contributed by atoms with E-state index in [1.807, 2.05) is 25.1 Å². The maximum atomic E-state index is 12.9. The number of hydrogen-bond acceptors (Lipinski definition) is 6. The smallest absolute Gasteiger partial charge is 0.262 e. The largest absolute Gasteiger partial charge is 0.277 e. The lowest BCUT2D eigenvalue weighted by molar-refractivity contribution is -0.126. The van der Waals surface area contributed by atoms with Gasteiger partial charge < -0.3 is 0 Å². The maximum absolute atomic E-state index is 12.9. The highest BCUT2D eigenvalue weighted by atomic mass is 32.2. The van der Waals surface area contributed by atoms with Crippen LogP contribution >= 0.6 is 23.5 Å². The summed E-state index contributed by atoms with van der Waals surface area (Å²) < 4.78 is 1.95. The number of nitrogens with one attached hydrogen (secondary N) is 2. The second-order valence-corrected chi connectivity index (χ2v) is 11.2. The fourth-order valence-corrected chi connectivity index (χ4v) is 9.33. The lowest BCUT2D eigenvalue weighted by atomic mass is 9.79. The first-order chi connectivity index (χ1) is 14.1. The van der Waals surface area contributed by atoms with Crippen molar-refractivity contribution < 1.29 is 4.79 Å². The lowest BCUT2D eigenvalue weighted by Crippen LogP contribution is -2.44. The molecule has 2 bridgehead atoms. The fourth-order valence-electron chi connectivity index (χ4n) is 5.39. The van der Waals surface area contributed by atoms with Gasteiger partial charge in [0.1, 0.15) is 0 Å². The van der Waals surface area contributed by atoms with Crippen LogP contribution in [0.2, 0.25) is 0 Å². The van der Waals surface area contributed by atoms with Gasteiger partial charge in [-0.05, 0) is 56.6 Å². The summed E-state index contributed by atoms with van der Waals surface area (Å²) in [5.41, 5.74) is 6.34. The number of thioether (sulfide) groups is 2. The van der Waals surface area contributed by atoms with Crippen molar-refractivity contribution in [2.75, 3.05) is 16.9 Å². The van der Waals surface area contributed by atoms with Crippen molar-refractivity contribution in [3.05, 3.63) is 34.6 Å². The van der Waals surface area contributed by atoms with Gasteiger partial charge in [0, 0.05) is 24.0 Å². The van der Waals surface area contributed by atoms with E-state index >= 15 is 0 Å². The molecule has 2 saturated carbocycles. The molecule has 0 radical (unpaired) electrons. The minimum atomic E-state index is -0.0946. The Morgan fingerprint density at radius 3 is 2.59 bits per heavy atom. The predicted octanol–water partition coefficient (Wildman–Crippen LogP) is 3.47. The van der Waals surface area contributed by atoms with Crippen LogP contribution in [0.25, 0.3) is 10.9 Å². The Morgan fingerprint density at radius 2 is 1.90 bits per heavy atom. The van der Waals surface area contributed by atoms with E-state index < -0.39 is 0 Å². The van der Waals surface area contributed by atoms with Gasteiger partial charge in [0.25, 0.3) is 5.56 Å². The second-order valence-electron chi connectivity index (χ2n) is 8.17. The highest BCUT2D eigenvalue weighted by molar-refractivity contribution is 8.21. The number of carbonyl (C=O) groups excluding carboxylic acids is 1. The summed E-state index contributed by atoms with van der Waals surface area (Å²) in [6.45, 7) is 2.39. The minimum Gasteiger partial charge on any atom is -0.277 e. The molecule has 5 rings (SSSR count). The molecule has 2 N–H and O–H groups in total. The number of fused-ring (bicyclic) bond motifs is 1. The van der Waals surface area contributed by atoms with Crippen LogP contribution in [0.5, 0.6) is 0 Å². The van der Waals surface area contributed by atoms with Gasteiger partial charge in [0.2, 0.25) is 11.9 Å². The molecule has 2 atom stereocenters. The number of carbonyl (C=O) groups is 1. The molecule has 2 heterocycles. The molecule has 8 heteroatoms. The SMILES string of the molecule is CCn1c(NNC(=O)C2CC3CCC(C2)C32SCCS2)nc2ccccc2c1=O. The quantitative estimate of drug-likeness (QED) is 0.724. The van der Waals surface area contributed by atoms with E-state index in [4.69, 9.17) is 0 Å². The number of amides is 1. The molecule has 2 aliphatic carbocycles. The van der Waals surface area contributed by atoms with Crippen molar-refractivity contribution in [1.29, 1.82) is 0 Å². The Bertz CT molecular complexity index is 986. The molecular formula is C21H26N4O2S2. The van der Waals surface area contributed by atoms with Crippen LogP contribution < -0.4 is 16.4 Å². The minimum absolute atomic E-state index is 0.0230. The van der Waals surface area contributed by atoms with Crippen LogP contribution in [0.1, 0.15) is 32.6 Å². The number of para-hydroxylation sites is 1. The zero-order chi connectivity index (χ0) is 20.0. The summed E-state index contributed by atoms with van der Waals surface area (Å²) in [6, 6.07) is 7.30. The zero-order valence-corrected chi connectivity index (χ0v) is 18.2.